The van der Waals surface area contributed by atoms with E-state index in [1.165, 1.54) is 7.11 Å². The highest BCUT2D eigenvalue weighted by molar-refractivity contribution is 5.77. The zero-order valence-electron chi connectivity index (χ0n) is 25.9. The predicted molar refractivity (Wildman–Crippen MR) is 155 cm³/mol. The molecule has 4 unspecified atom stereocenters. The second-order valence-electron chi connectivity index (χ2n) is 10.9. The average Bonchev–Trinajstić information content (AvgIpc) is 2.94. The summed E-state index contributed by atoms with van der Waals surface area (Å²) in [6, 6.07) is 4.05. The maximum atomic E-state index is 12.6. The van der Waals surface area contributed by atoms with Crippen molar-refractivity contribution < 1.29 is 42.9 Å². The van der Waals surface area contributed by atoms with Crippen molar-refractivity contribution in [1.82, 2.24) is 5.32 Å². The van der Waals surface area contributed by atoms with E-state index in [1.807, 2.05) is 41.5 Å². The van der Waals surface area contributed by atoms with Gasteiger partial charge in [-0.1, -0.05) is 66.9 Å². The van der Waals surface area contributed by atoms with Gasteiger partial charge in [-0.25, -0.2) is 4.79 Å². The molecule has 0 radical (unpaired) electrons. The number of rotatable bonds is 18. The quantitative estimate of drug-likeness (QED) is 0.173. The maximum Gasteiger partial charge on any atom is 0.508 e. The van der Waals surface area contributed by atoms with Crippen LogP contribution in [0, 0.1) is 17.8 Å². The van der Waals surface area contributed by atoms with Gasteiger partial charge >= 0.3 is 24.1 Å². The largest absolute Gasteiger partial charge is 0.508 e. The standard InChI is InChI=1S/C31H49NO9/c1-9-20(4)14-28(33)40-26-13-12-24(17-27(26)41-29(34)15-21(5)10-2)16-25(30(35)37-8)32-18-23(7)39-31(36)38-19-22(6)11-3/h12-13,17,20-23,25,32H,9-11,14-16,18-19H2,1-8H3/t20?,21?,22?,23?,25-/m0/s1. The summed E-state index contributed by atoms with van der Waals surface area (Å²) in [5, 5.41) is 3.07. The van der Waals surface area contributed by atoms with Gasteiger partial charge in [0.25, 0.3) is 0 Å². The van der Waals surface area contributed by atoms with Gasteiger partial charge in [-0.3, -0.25) is 14.4 Å². The smallest absolute Gasteiger partial charge is 0.468 e. The Kier molecular flexibility index (Phi) is 16.7. The highest BCUT2D eigenvalue weighted by Crippen LogP contribution is 2.31. The van der Waals surface area contributed by atoms with E-state index in [2.05, 4.69) is 5.32 Å². The molecular weight excluding hydrogens is 530 g/mol. The van der Waals surface area contributed by atoms with E-state index >= 15 is 0 Å². The molecule has 0 amide bonds. The topological polar surface area (TPSA) is 126 Å². The minimum atomic E-state index is -0.787. The lowest BCUT2D eigenvalue weighted by Gasteiger charge is -2.20. The second-order valence-corrected chi connectivity index (χ2v) is 10.9. The first kappa shape index (κ1) is 35.9. The van der Waals surface area contributed by atoms with Crippen molar-refractivity contribution in [2.24, 2.45) is 17.8 Å². The van der Waals surface area contributed by atoms with Crippen LogP contribution in [-0.4, -0.2) is 56.5 Å². The Morgan fingerprint density at radius 3 is 1.90 bits per heavy atom. The highest BCUT2D eigenvalue weighted by Gasteiger charge is 2.23. The molecule has 0 saturated carbocycles. The van der Waals surface area contributed by atoms with Crippen molar-refractivity contribution >= 4 is 24.1 Å². The molecule has 0 bridgehead atoms. The van der Waals surface area contributed by atoms with Crippen molar-refractivity contribution in [2.45, 2.75) is 99.1 Å². The van der Waals surface area contributed by atoms with Gasteiger partial charge in [0, 0.05) is 19.4 Å². The minimum Gasteiger partial charge on any atom is -0.468 e. The molecule has 1 aromatic rings. The number of methoxy groups -OCH3 is 1. The average molecular weight is 580 g/mol. The summed E-state index contributed by atoms with van der Waals surface area (Å²) in [5.41, 5.74) is 0.641. The Morgan fingerprint density at radius 2 is 1.37 bits per heavy atom. The fraction of sp³-hybridized carbons (Fsp3) is 0.677. The summed E-state index contributed by atoms with van der Waals surface area (Å²) in [6.45, 7) is 14.0. The Morgan fingerprint density at radius 1 is 0.805 bits per heavy atom. The van der Waals surface area contributed by atoms with Crippen molar-refractivity contribution in [3.05, 3.63) is 23.8 Å². The van der Waals surface area contributed by atoms with Crippen LogP contribution < -0.4 is 14.8 Å². The van der Waals surface area contributed by atoms with Gasteiger partial charge in [0.2, 0.25) is 0 Å². The summed E-state index contributed by atoms with van der Waals surface area (Å²) in [6.07, 6.45) is 1.81. The molecule has 5 atom stereocenters. The number of nitrogens with one attached hydrogen (secondary N) is 1. The molecule has 0 saturated heterocycles. The minimum absolute atomic E-state index is 0.109. The fourth-order valence-electron chi connectivity index (χ4n) is 3.52. The lowest BCUT2D eigenvalue weighted by atomic mass is 10.0. The van der Waals surface area contributed by atoms with Gasteiger partial charge in [0.05, 0.1) is 13.7 Å². The van der Waals surface area contributed by atoms with Crippen LogP contribution in [0.1, 0.15) is 86.1 Å². The lowest BCUT2D eigenvalue weighted by molar-refractivity contribution is -0.143. The zero-order chi connectivity index (χ0) is 30.9. The van der Waals surface area contributed by atoms with E-state index in [9.17, 15) is 19.2 Å². The van der Waals surface area contributed by atoms with E-state index in [1.54, 1.807) is 25.1 Å². The van der Waals surface area contributed by atoms with Gasteiger partial charge in [-0.05, 0) is 48.8 Å². The Balaban J connectivity index is 3.02. The third-order valence-electron chi connectivity index (χ3n) is 6.94. The first-order valence-electron chi connectivity index (χ1n) is 14.6. The van der Waals surface area contributed by atoms with Crippen molar-refractivity contribution in [3.8, 4) is 11.5 Å². The normalized spacial score (nSPS) is 14.6. The van der Waals surface area contributed by atoms with E-state index in [-0.39, 0.29) is 61.7 Å². The van der Waals surface area contributed by atoms with Crippen LogP contribution in [0.25, 0.3) is 0 Å². The molecule has 41 heavy (non-hydrogen) atoms. The van der Waals surface area contributed by atoms with Crippen molar-refractivity contribution in [2.75, 3.05) is 20.3 Å². The molecule has 232 valence electrons. The van der Waals surface area contributed by atoms with Crippen LogP contribution in [0.2, 0.25) is 0 Å². The van der Waals surface area contributed by atoms with Gasteiger partial charge < -0.3 is 29.0 Å². The number of ether oxygens (including phenoxy) is 5. The first-order chi connectivity index (χ1) is 19.4. The van der Waals surface area contributed by atoms with Crippen LogP contribution in [0.3, 0.4) is 0 Å². The molecule has 0 spiro atoms. The number of benzene rings is 1. The third kappa shape index (κ3) is 14.4. The molecule has 0 fully saturated rings. The lowest BCUT2D eigenvalue weighted by Crippen LogP contribution is -2.43. The van der Waals surface area contributed by atoms with Gasteiger partial charge in [-0.15, -0.1) is 0 Å². The number of hydrogen-bond donors (Lipinski definition) is 1. The van der Waals surface area contributed by atoms with Crippen LogP contribution in [0.5, 0.6) is 11.5 Å². The molecular formula is C31H49NO9. The molecule has 10 nitrogen and oxygen atoms in total. The zero-order valence-corrected chi connectivity index (χ0v) is 25.9. The Hall–Kier alpha value is -3.14. The van der Waals surface area contributed by atoms with Crippen LogP contribution in [0.15, 0.2) is 18.2 Å². The Labute approximate surface area is 244 Å². The molecule has 0 aliphatic heterocycles. The van der Waals surface area contributed by atoms with Gasteiger partial charge in [0.1, 0.15) is 12.1 Å². The fourth-order valence-corrected chi connectivity index (χ4v) is 3.52. The van der Waals surface area contributed by atoms with Crippen LogP contribution in [0.4, 0.5) is 4.79 Å². The van der Waals surface area contributed by atoms with E-state index in [0.29, 0.717) is 5.56 Å². The number of hydrogen-bond acceptors (Lipinski definition) is 10. The monoisotopic (exact) mass is 579 g/mol. The van der Waals surface area contributed by atoms with E-state index in [4.69, 9.17) is 23.7 Å². The molecule has 10 heteroatoms. The van der Waals surface area contributed by atoms with Gasteiger partial charge in [-0.2, -0.15) is 0 Å². The number of carbonyl (C=O) groups is 4. The number of carbonyl (C=O) groups excluding carboxylic acids is 4. The molecule has 0 aromatic heterocycles. The SMILES string of the molecule is CCC(C)COC(=O)OC(C)CN[C@@H](Cc1ccc(OC(=O)CC(C)CC)c(OC(=O)CC(C)CC)c1)C(=O)OC. The summed E-state index contributed by atoms with van der Waals surface area (Å²) in [5.74, 6) is -0.617. The molecule has 0 aliphatic rings. The first-order valence-corrected chi connectivity index (χ1v) is 14.6. The number of esters is 3. The van der Waals surface area contributed by atoms with Crippen LogP contribution in [-0.2, 0) is 35.0 Å². The Bertz CT molecular complexity index is 980. The molecule has 0 heterocycles. The van der Waals surface area contributed by atoms with E-state index in [0.717, 1.165) is 19.3 Å². The van der Waals surface area contributed by atoms with E-state index < -0.39 is 36.2 Å². The summed E-state index contributed by atoms with van der Waals surface area (Å²) in [7, 11) is 1.28. The predicted octanol–water partition coefficient (Wildman–Crippen LogP) is 5.63. The van der Waals surface area contributed by atoms with Crippen molar-refractivity contribution in [1.29, 1.82) is 0 Å². The second kappa shape index (κ2) is 19.1. The summed E-state index contributed by atoms with van der Waals surface area (Å²) < 4.78 is 26.5. The van der Waals surface area contributed by atoms with Crippen LogP contribution >= 0.6 is 0 Å². The summed E-state index contributed by atoms with van der Waals surface area (Å²) >= 11 is 0. The maximum absolute atomic E-state index is 12.6. The third-order valence-corrected chi connectivity index (χ3v) is 6.94. The molecule has 1 rings (SSSR count). The highest BCUT2D eigenvalue weighted by atomic mass is 16.7. The molecule has 0 aliphatic carbocycles. The van der Waals surface area contributed by atoms with Gasteiger partial charge in [0.15, 0.2) is 11.5 Å². The summed E-state index contributed by atoms with van der Waals surface area (Å²) in [4.78, 5) is 49.6. The molecule has 1 aromatic carbocycles. The van der Waals surface area contributed by atoms with Crippen molar-refractivity contribution in [3.63, 3.8) is 0 Å². The molecule has 1 N–H and O–H groups in total.